The van der Waals surface area contributed by atoms with Crippen LogP contribution in [-0.2, 0) is 4.74 Å². The molecule has 1 N–H and O–H groups in total. The fourth-order valence-electron chi connectivity index (χ4n) is 2.63. The number of ether oxygens (including phenoxy) is 1. The molecule has 13 heavy (non-hydrogen) atoms. The molecule has 0 saturated carbocycles. The second-order valence-corrected chi connectivity index (χ2v) is 4.83. The summed E-state index contributed by atoms with van der Waals surface area (Å²) in [6.45, 7) is 7.09. The largest absolute Gasteiger partial charge is 0.378 e. The van der Waals surface area contributed by atoms with Crippen molar-refractivity contribution in [3.8, 4) is 0 Å². The van der Waals surface area contributed by atoms with Crippen molar-refractivity contribution in [3.05, 3.63) is 0 Å². The zero-order valence-corrected chi connectivity index (χ0v) is 8.09. The van der Waals surface area contributed by atoms with Crippen LogP contribution in [0, 0.1) is 5.41 Å². The Morgan fingerprint density at radius 3 is 2.23 bits per heavy atom. The summed E-state index contributed by atoms with van der Waals surface area (Å²) >= 11 is 0. The van der Waals surface area contributed by atoms with E-state index in [0.29, 0.717) is 5.41 Å². The standard InChI is InChI=1S/C10H18N2O/c1-3-12(9-5-13-6-9)4-2-10(1)7-11-8-10/h9,11H,1-8H2. The molecular formula is C10H18N2O. The maximum absolute atomic E-state index is 5.23. The van der Waals surface area contributed by atoms with Gasteiger partial charge in [0.2, 0.25) is 0 Å². The monoisotopic (exact) mass is 182 g/mol. The molecular weight excluding hydrogens is 164 g/mol. The van der Waals surface area contributed by atoms with Crippen molar-refractivity contribution < 1.29 is 4.74 Å². The van der Waals surface area contributed by atoms with Gasteiger partial charge in [0, 0.05) is 13.1 Å². The third-order valence-electron chi connectivity index (χ3n) is 4.00. The first-order valence-corrected chi connectivity index (χ1v) is 5.41. The van der Waals surface area contributed by atoms with Crippen molar-refractivity contribution in [1.29, 1.82) is 0 Å². The molecule has 0 aromatic rings. The molecule has 74 valence electrons. The molecule has 0 radical (unpaired) electrons. The summed E-state index contributed by atoms with van der Waals surface area (Å²) in [5.74, 6) is 0. The lowest BCUT2D eigenvalue weighted by molar-refractivity contribution is -0.0862. The van der Waals surface area contributed by atoms with Crippen molar-refractivity contribution in [2.75, 3.05) is 39.4 Å². The zero-order valence-electron chi connectivity index (χ0n) is 8.09. The summed E-state index contributed by atoms with van der Waals surface area (Å²) < 4.78 is 5.23. The van der Waals surface area contributed by atoms with Gasteiger partial charge in [0.05, 0.1) is 19.3 Å². The molecule has 0 amide bonds. The number of hydrogen-bond donors (Lipinski definition) is 1. The van der Waals surface area contributed by atoms with Crippen LogP contribution in [-0.4, -0.2) is 50.3 Å². The molecule has 0 aromatic heterocycles. The molecule has 3 heterocycles. The van der Waals surface area contributed by atoms with Crippen molar-refractivity contribution in [2.24, 2.45) is 5.41 Å². The summed E-state index contributed by atoms with van der Waals surface area (Å²) in [7, 11) is 0. The molecule has 0 atom stereocenters. The number of piperidine rings is 1. The Kier molecular flexibility index (Phi) is 1.86. The number of likely N-dealkylation sites (tertiary alicyclic amines) is 1. The Bertz CT molecular complexity index is 189. The van der Waals surface area contributed by atoms with Gasteiger partial charge in [0.25, 0.3) is 0 Å². The highest BCUT2D eigenvalue weighted by molar-refractivity contribution is 4.97. The molecule has 3 aliphatic rings. The summed E-state index contributed by atoms with van der Waals surface area (Å²) in [5.41, 5.74) is 0.696. The molecule has 3 aliphatic heterocycles. The molecule has 3 heteroatoms. The van der Waals surface area contributed by atoms with Gasteiger partial charge in [-0.3, -0.25) is 4.90 Å². The van der Waals surface area contributed by atoms with E-state index in [1.165, 1.54) is 39.0 Å². The summed E-state index contributed by atoms with van der Waals surface area (Å²) in [5, 5.41) is 3.40. The fraction of sp³-hybridized carbons (Fsp3) is 1.00. The minimum absolute atomic E-state index is 0.696. The van der Waals surface area contributed by atoms with Gasteiger partial charge >= 0.3 is 0 Å². The Labute approximate surface area is 79.4 Å². The van der Waals surface area contributed by atoms with Crippen molar-refractivity contribution >= 4 is 0 Å². The van der Waals surface area contributed by atoms with Gasteiger partial charge < -0.3 is 10.1 Å². The smallest absolute Gasteiger partial charge is 0.0645 e. The first kappa shape index (κ1) is 8.21. The Morgan fingerprint density at radius 1 is 1.15 bits per heavy atom. The SMILES string of the molecule is C1OCC1N1CCC2(CC1)CNC2. The number of hydrogen-bond acceptors (Lipinski definition) is 3. The average Bonchev–Trinajstić information content (AvgIpc) is 2.00. The van der Waals surface area contributed by atoms with Crippen LogP contribution < -0.4 is 5.32 Å². The maximum atomic E-state index is 5.23. The fourth-order valence-corrected chi connectivity index (χ4v) is 2.63. The molecule has 3 fully saturated rings. The van der Waals surface area contributed by atoms with E-state index in [1.807, 2.05) is 0 Å². The lowest BCUT2D eigenvalue weighted by Crippen LogP contribution is -2.61. The molecule has 1 spiro atoms. The van der Waals surface area contributed by atoms with Crippen LogP contribution in [0.1, 0.15) is 12.8 Å². The number of nitrogens with zero attached hydrogens (tertiary/aromatic N) is 1. The number of nitrogens with one attached hydrogen (secondary N) is 1. The maximum Gasteiger partial charge on any atom is 0.0645 e. The van der Waals surface area contributed by atoms with Gasteiger partial charge in [-0.25, -0.2) is 0 Å². The van der Waals surface area contributed by atoms with Crippen LogP contribution in [0.4, 0.5) is 0 Å². The van der Waals surface area contributed by atoms with E-state index in [1.54, 1.807) is 0 Å². The second kappa shape index (κ2) is 2.94. The summed E-state index contributed by atoms with van der Waals surface area (Å²) in [4.78, 5) is 2.62. The van der Waals surface area contributed by atoms with Crippen LogP contribution in [0.25, 0.3) is 0 Å². The number of rotatable bonds is 1. The third-order valence-corrected chi connectivity index (χ3v) is 4.00. The molecule has 0 aliphatic carbocycles. The van der Waals surface area contributed by atoms with E-state index < -0.39 is 0 Å². The third kappa shape index (κ3) is 1.30. The Balaban J connectivity index is 1.54. The van der Waals surface area contributed by atoms with Gasteiger partial charge in [-0.2, -0.15) is 0 Å². The van der Waals surface area contributed by atoms with Crippen LogP contribution in [0.2, 0.25) is 0 Å². The Hall–Kier alpha value is -0.120. The lowest BCUT2D eigenvalue weighted by atomic mass is 9.73. The minimum atomic E-state index is 0.696. The van der Waals surface area contributed by atoms with Crippen molar-refractivity contribution in [1.82, 2.24) is 10.2 Å². The van der Waals surface area contributed by atoms with Crippen LogP contribution in [0.15, 0.2) is 0 Å². The van der Waals surface area contributed by atoms with Gasteiger partial charge in [-0.15, -0.1) is 0 Å². The van der Waals surface area contributed by atoms with Crippen LogP contribution >= 0.6 is 0 Å². The van der Waals surface area contributed by atoms with E-state index in [4.69, 9.17) is 4.74 Å². The topological polar surface area (TPSA) is 24.5 Å². The lowest BCUT2D eigenvalue weighted by Gasteiger charge is -2.51. The van der Waals surface area contributed by atoms with Gasteiger partial charge in [-0.05, 0) is 31.3 Å². The van der Waals surface area contributed by atoms with Crippen molar-refractivity contribution in [2.45, 2.75) is 18.9 Å². The van der Waals surface area contributed by atoms with E-state index in [9.17, 15) is 0 Å². The molecule has 0 unspecified atom stereocenters. The quantitative estimate of drug-likeness (QED) is 0.621. The van der Waals surface area contributed by atoms with Gasteiger partial charge in [0.1, 0.15) is 0 Å². The van der Waals surface area contributed by atoms with E-state index >= 15 is 0 Å². The highest BCUT2D eigenvalue weighted by Crippen LogP contribution is 2.35. The van der Waals surface area contributed by atoms with Crippen molar-refractivity contribution in [3.63, 3.8) is 0 Å². The molecule has 0 aromatic carbocycles. The average molecular weight is 182 g/mol. The Morgan fingerprint density at radius 2 is 1.85 bits per heavy atom. The summed E-state index contributed by atoms with van der Waals surface area (Å²) in [6, 6.07) is 0.755. The predicted molar refractivity (Wildman–Crippen MR) is 50.7 cm³/mol. The van der Waals surface area contributed by atoms with Gasteiger partial charge in [-0.1, -0.05) is 0 Å². The zero-order chi connectivity index (χ0) is 8.73. The predicted octanol–water partition coefficient (Wildman–Crippen LogP) is 0.0706. The van der Waals surface area contributed by atoms with Crippen LogP contribution in [0.3, 0.4) is 0 Å². The summed E-state index contributed by atoms with van der Waals surface area (Å²) in [6.07, 6.45) is 2.80. The first-order valence-electron chi connectivity index (χ1n) is 5.41. The minimum Gasteiger partial charge on any atom is -0.378 e. The highest BCUT2D eigenvalue weighted by atomic mass is 16.5. The van der Waals surface area contributed by atoms with E-state index in [2.05, 4.69) is 10.2 Å². The van der Waals surface area contributed by atoms with Crippen LogP contribution in [0.5, 0.6) is 0 Å². The molecule has 3 saturated heterocycles. The molecule has 3 rings (SSSR count). The molecule has 0 bridgehead atoms. The van der Waals surface area contributed by atoms with Gasteiger partial charge in [0.15, 0.2) is 0 Å². The second-order valence-electron chi connectivity index (χ2n) is 4.83. The molecule has 3 nitrogen and oxygen atoms in total. The first-order chi connectivity index (χ1) is 6.38. The van der Waals surface area contributed by atoms with E-state index in [0.717, 1.165) is 19.3 Å². The highest BCUT2D eigenvalue weighted by Gasteiger charge is 2.41. The normalized spacial score (nSPS) is 34.2. The van der Waals surface area contributed by atoms with E-state index in [-0.39, 0.29) is 0 Å².